The van der Waals surface area contributed by atoms with Gasteiger partial charge in [-0.2, -0.15) is 0 Å². The quantitative estimate of drug-likeness (QED) is 0.391. The molecule has 1 aliphatic carbocycles. The number of ether oxygens (including phenoxy) is 1. The van der Waals surface area contributed by atoms with Crippen LogP contribution >= 0.6 is 0 Å². The van der Waals surface area contributed by atoms with Gasteiger partial charge in [0.1, 0.15) is 6.10 Å². The molecular formula is C10H11NO3. The highest BCUT2D eigenvalue weighted by atomic mass is 16.5. The van der Waals surface area contributed by atoms with Crippen molar-refractivity contribution in [1.82, 2.24) is 5.32 Å². The molecule has 3 unspecified atom stereocenters. The second kappa shape index (κ2) is 3.29. The molecule has 0 bridgehead atoms. The van der Waals surface area contributed by atoms with E-state index in [4.69, 9.17) is 4.74 Å². The van der Waals surface area contributed by atoms with Crippen LogP contribution in [-0.4, -0.2) is 17.9 Å². The number of carbonyl (C=O) groups is 2. The van der Waals surface area contributed by atoms with Crippen LogP contribution in [-0.2, 0) is 14.3 Å². The smallest absolute Gasteiger partial charge is 0.234 e. The minimum absolute atomic E-state index is 0.228. The number of carbonyl (C=O) groups excluding carboxylic acids is 2. The fourth-order valence-corrected chi connectivity index (χ4v) is 1.99. The fraction of sp³-hybridized carbons (Fsp3) is 0.400. The van der Waals surface area contributed by atoms with Gasteiger partial charge in [0.15, 0.2) is 0 Å². The van der Waals surface area contributed by atoms with Crippen LogP contribution in [0.4, 0.5) is 0 Å². The third-order valence-corrected chi connectivity index (χ3v) is 2.62. The van der Waals surface area contributed by atoms with Crippen LogP contribution in [0.25, 0.3) is 0 Å². The molecule has 1 saturated heterocycles. The summed E-state index contributed by atoms with van der Waals surface area (Å²) >= 11 is 0. The number of nitrogens with one attached hydrogen (secondary N) is 1. The lowest BCUT2D eigenvalue weighted by atomic mass is 9.83. The summed E-state index contributed by atoms with van der Waals surface area (Å²) in [5, 5.41) is 2.30. The van der Waals surface area contributed by atoms with Gasteiger partial charge in [0.25, 0.3) is 0 Å². The lowest BCUT2D eigenvalue weighted by Gasteiger charge is -2.25. The minimum atomic E-state index is -0.384. The summed E-state index contributed by atoms with van der Waals surface area (Å²) in [5.74, 6) is -1.21. The molecule has 14 heavy (non-hydrogen) atoms. The minimum Gasteiger partial charge on any atom is -0.497 e. The summed E-state index contributed by atoms with van der Waals surface area (Å²) in [6.45, 7) is 3.45. The van der Waals surface area contributed by atoms with E-state index in [9.17, 15) is 9.59 Å². The van der Waals surface area contributed by atoms with Crippen molar-refractivity contribution in [3.63, 3.8) is 0 Å². The van der Waals surface area contributed by atoms with E-state index < -0.39 is 0 Å². The Kier molecular flexibility index (Phi) is 2.11. The third-order valence-electron chi connectivity index (χ3n) is 2.62. The van der Waals surface area contributed by atoms with Gasteiger partial charge >= 0.3 is 0 Å². The number of hydrogen-bond acceptors (Lipinski definition) is 3. The Bertz CT molecular complexity index is 321. The van der Waals surface area contributed by atoms with Crippen LogP contribution in [0.2, 0.25) is 0 Å². The molecule has 2 rings (SSSR count). The fourth-order valence-electron chi connectivity index (χ4n) is 1.99. The molecule has 74 valence electrons. The first-order valence-electron chi connectivity index (χ1n) is 4.52. The molecule has 1 heterocycles. The third kappa shape index (κ3) is 1.23. The second-order valence-electron chi connectivity index (χ2n) is 3.41. The second-order valence-corrected chi connectivity index (χ2v) is 3.41. The first-order chi connectivity index (χ1) is 6.74. The van der Waals surface area contributed by atoms with Gasteiger partial charge in [-0.15, -0.1) is 0 Å². The van der Waals surface area contributed by atoms with Gasteiger partial charge in [0.2, 0.25) is 11.8 Å². The lowest BCUT2D eigenvalue weighted by molar-refractivity contribution is -0.127. The summed E-state index contributed by atoms with van der Waals surface area (Å²) < 4.78 is 5.22. The van der Waals surface area contributed by atoms with Gasteiger partial charge in [-0.05, 0) is 0 Å². The highest BCUT2D eigenvalue weighted by Crippen LogP contribution is 2.31. The zero-order chi connectivity index (χ0) is 10.1. The molecule has 4 heteroatoms. The summed E-state index contributed by atoms with van der Waals surface area (Å²) in [5.41, 5.74) is 0. The predicted molar refractivity (Wildman–Crippen MR) is 49.0 cm³/mol. The van der Waals surface area contributed by atoms with E-state index in [2.05, 4.69) is 11.9 Å². The van der Waals surface area contributed by atoms with E-state index >= 15 is 0 Å². The van der Waals surface area contributed by atoms with Crippen molar-refractivity contribution >= 4 is 11.8 Å². The van der Waals surface area contributed by atoms with Gasteiger partial charge in [-0.1, -0.05) is 18.7 Å². The number of amides is 2. The van der Waals surface area contributed by atoms with Crippen molar-refractivity contribution in [3.05, 3.63) is 25.0 Å². The van der Waals surface area contributed by atoms with E-state index in [1.54, 1.807) is 6.08 Å². The summed E-state index contributed by atoms with van der Waals surface area (Å²) in [6.07, 6.45) is 5.35. The Balaban J connectivity index is 2.25. The molecular weight excluding hydrogens is 182 g/mol. The van der Waals surface area contributed by atoms with Crippen molar-refractivity contribution in [2.45, 2.75) is 12.5 Å². The van der Waals surface area contributed by atoms with Gasteiger partial charge in [0.05, 0.1) is 18.1 Å². The van der Waals surface area contributed by atoms with E-state index in [0.29, 0.717) is 6.42 Å². The number of hydrogen-bond donors (Lipinski definition) is 1. The molecule has 3 atom stereocenters. The molecule has 0 saturated carbocycles. The standard InChI is InChI=1S/C10H11NO3/c1-2-14-7-5-3-4-6-8(7)10(13)11-9(6)12/h2-4,6-8H,1,5H2,(H,11,12,13). The van der Waals surface area contributed by atoms with Crippen LogP contribution < -0.4 is 5.32 Å². The number of fused-ring (bicyclic) bond motifs is 1. The molecule has 0 spiro atoms. The van der Waals surface area contributed by atoms with Crippen molar-refractivity contribution in [1.29, 1.82) is 0 Å². The first kappa shape index (κ1) is 8.99. The van der Waals surface area contributed by atoms with Crippen molar-refractivity contribution in [2.24, 2.45) is 11.8 Å². The molecule has 2 aliphatic rings. The molecule has 0 aromatic heterocycles. The molecule has 1 N–H and O–H groups in total. The zero-order valence-electron chi connectivity index (χ0n) is 7.60. The van der Waals surface area contributed by atoms with E-state index in [1.165, 1.54) is 6.26 Å². The van der Waals surface area contributed by atoms with Gasteiger partial charge < -0.3 is 4.74 Å². The van der Waals surface area contributed by atoms with Crippen molar-refractivity contribution < 1.29 is 14.3 Å². The van der Waals surface area contributed by atoms with Crippen LogP contribution in [0.15, 0.2) is 25.0 Å². The largest absolute Gasteiger partial charge is 0.497 e. The average Bonchev–Trinajstić information content (AvgIpc) is 2.44. The van der Waals surface area contributed by atoms with Crippen molar-refractivity contribution in [3.8, 4) is 0 Å². The van der Waals surface area contributed by atoms with Crippen LogP contribution in [0.3, 0.4) is 0 Å². The maximum absolute atomic E-state index is 11.4. The van der Waals surface area contributed by atoms with Gasteiger partial charge in [0, 0.05) is 6.42 Å². The van der Waals surface area contributed by atoms with Gasteiger partial charge in [-0.3, -0.25) is 14.9 Å². The molecule has 1 fully saturated rings. The molecule has 2 amide bonds. The highest BCUT2D eigenvalue weighted by molar-refractivity contribution is 6.06. The van der Waals surface area contributed by atoms with E-state index in [-0.39, 0.29) is 29.8 Å². The van der Waals surface area contributed by atoms with E-state index in [0.717, 1.165) is 0 Å². The Morgan fingerprint density at radius 1 is 1.50 bits per heavy atom. The molecule has 0 radical (unpaired) electrons. The van der Waals surface area contributed by atoms with Crippen molar-refractivity contribution in [2.75, 3.05) is 0 Å². The zero-order valence-corrected chi connectivity index (χ0v) is 7.60. The summed E-state index contributed by atoms with van der Waals surface area (Å²) in [7, 11) is 0. The number of rotatable bonds is 2. The topological polar surface area (TPSA) is 55.4 Å². The molecule has 0 aromatic carbocycles. The molecule has 4 nitrogen and oxygen atoms in total. The summed E-state index contributed by atoms with van der Waals surface area (Å²) in [4.78, 5) is 22.7. The van der Waals surface area contributed by atoms with Crippen LogP contribution in [0, 0.1) is 11.8 Å². The Morgan fingerprint density at radius 3 is 3.00 bits per heavy atom. The van der Waals surface area contributed by atoms with Gasteiger partial charge in [-0.25, -0.2) is 0 Å². The van der Waals surface area contributed by atoms with Crippen LogP contribution in [0.5, 0.6) is 0 Å². The maximum Gasteiger partial charge on any atom is 0.234 e. The first-order valence-corrected chi connectivity index (χ1v) is 4.52. The predicted octanol–water partition coefficient (Wildman–Crippen LogP) is 0.364. The lowest BCUT2D eigenvalue weighted by Crippen LogP contribution is -2.33. The highest BCUT2D eigenvalue weighted by Gasteiger charge is 2.46. The average molecular weight is 193 g/mol. The Morgan fingerprint density at radius 2 is 2.29 bits per heavy atom. The maximum atomic E-state index is 11.4. The monoisotopic (exact) mass is 193 g/mol. The van der Waals surface area contributed by atoms with E-state index in [1.807, 2.05) is 6.08 Å². The Labute approximate surface area is 81.6 Å². The molecule has 1 aliphatic heterocycles. The van der Waals surface area contributed by atoms with Crippen LogP contribution in [0.1, 0.15) is 6.42 Å². The number of imide groups is 1. The SMILES string of the molecule is C=COC1CC=CC2C(=O)NC(=O)C12. The Hall–Kier alpha value is -1.58. The summed E-state index contributed by atoms with van der Waals surface area (Å²) in [6, 6.07) is 0. The normalized spacial score (nSPS) is 35.0. The molecule has 0 aromatic rings.